The molecule has 0 radical (unpaired) electrons. The Kier molecular flexibility index (Phi) is 4.89. The SMILES string of the molecule is CS(=O)(=O)O.[2H]c1c([2H])c([2H])c(N=C(N)NC(=O)c2nc(Cl)c(N)nc2N)c([2H])c1[2H]. The van der Waals surface area contributed by atoms with E-state index < -0.39 is 57.9 Å². The van der Waals surface area contributed by atoms with Crippen molar-refractivity contribution in [2.45, 2.75) is 0 Å². The number of nitrogen functional groups attached to an aromatic ring is 2. The van der Waals surface area contributed by atoms with Crippen molar-refractivity contribution in [3.05, 3.63) is 41.1 Å². The lowest BCUT2D eigenvalue weighted by atomic mass is 10.3. The molecule has 0 saturated carbocycles. The summed E-state index contributed by atoms with van der Waals surface area (Å²) in [5, 5.41) is 1.87. The first kappa shape index (κ1) is 14.2. The third kappa shape index (κ3) is 7.74. The molecule has 2 rings (SSSR count). The van der Waals surface area contributed by atoms with Crippen molar-refractivity contribution in [3.8, 4) is 0 Å². The molecule has 0 fully saturated rings. The van der Waals surface area contributed by atoms with E-state index in [-0.39, 0.29) is 22.5 Å². The zero-order valence-corrected chi connectivity index (χ0v) is 14.6. The number of hydrogen-bond acceptors (Lipinski definition) is 8. The number of guanidine groups is 1. The Bertz CT molecular complexity index is 1140. The predicted octanol–water partition coefficient (Wildman–Crippen LogP) is 0.175. The van der Waals surface area contributed by atoms with E-state index in [2.05, 4.69) is 20.3 Å². The van der Waals surface area contributed by atoms with Gasteiger partial charge in [-0.2, -0.15) is 8.42 Å². The first-order chi connectivity index (χ1) is 14.0. The minimum absolute atomic E-state index is 0.165. The van der Waals surface area contributed by atoms with Gasteiger partial charge < -0.3 is 17.2 Å². The largest absolute Gasteiger partial charge is 0.382 e. The number of amides is 1. The molecule has 0 aliphatic carbocycles. The number of aromatic nitrogens is 2. The molecule has 0 aliphatic rings. The Balaban J connectivity index is 0.000000861. The molecule has 8 N–H and O–H groups in total. The minimum atomic E-state index is -3.67. The summed E-state index contributed by atoms with van der Waals surface area (Å²) < 4.78 is 64.0. The van der Waals surface area contributed by atoms with Gasteiger partial charge in [-0.15, -0.1) is 0 Å². The van der Waals surface area contributed by atoms with Gasteiger partial charge in [-0.25, -0.2) is 15.0 Å². The van der Waals surface area contributed by atoms with E-state index in [0.717, 1.165) is 0 Å². The van der Waals surface area contributed by atoms with Gasteiger partial charge >= 0.3 is 0 Å². The number of carbonyl (C=O) groups is 1. The lowest BCUT2D eigenvalue weighted by molar-refractivity contribution is 0.0972. The Morgan fingerprint density at radius 2 is 1.81 bits per heavy atom. The second-order valence-corrected chi connectivity index (χ2v) is 6.12. The van der Waals surface area contributed by atoms with Crippen molar-refractivity contribution < 1.29 is 24.6 Å². The van der Waals surface area contributed by atoms with Crippen molar-refractivity contribution in [1.82, 2.24) is 15.3 Å². The molecule has 26 heavy (non-hydrogen) atoms. The van der Waals surface area contributed by atoms with E-state index in [9.17, 15) is 13.2 Å². The molecule has 0 aliphatic heterocycles. The lowest BCUT2D eigenvalue weighted by Crippen LogP contribution is -2.37. The summed E-state index contributed by atoms with van der Waals surface area (Å²) in [4.78, 5) is 23.1. The van der Waals surface area contributed by atoms with Crippen molar-refractivity contribution >= 4 is 50.9 Å². The Hall–Kier alpha value is -2.96. The molecule has 0 atom stereocenters. The summed E-state index contributed by atoms with van der Waals surface area (Å²) in [6, 6.07) is -2.93. The van der Waals surface area contributed by atoms with Gasteiger partial charge in [-0.3, -0.25) is 14.7 Å². The van der Waals surface area contributed by atoms with Crippen LogP contribution in [0.1, 0.15) is 17.3 Å². The van der Waals surface area contributed by atoms with Crippen LogP contribution in [0.5, 0.6) is 0 Å². The zero-order valence-electron chi connectivity index (χ0n) is 18.0. The number of halogens is 1. The molecule has 1 aromatic carbocycles. The van der Waals surface area contributed by atoms with Crippen LogP contribution in [-0.2, 0) is 10.1 Å². The van der Waals surface area contributed by atoms with Gasteiger partial charge in [0.15, 0.2) is 22.5 Å². The molecule has 2 aromatic rings. The first-order valence-corrected chi connectivity index (χ1v) is 8.50. The van der Waals surface area contributed by atoms with Crippen molar-refractivity contribution in [2.75, 3.05) is 17.7 Å². The van der Waals surface area contributed by atoms with Crippen LogP contribution in [0.25, 0.3) is 0 Å². The molecular formula is C13H16ClN7O4S. The van der Waals surface area contributed by atoms with Crippen LogP contribution in [0.3, 0.4) is 0 Å². The van der Waals surface area contributed by atoms with E-state index >= 15 is 0 Å². The maximum absolute atomic E-state index is 12.1. The molecular weight excluding hydrogens is 386 g/mol. The molecule has 0 unspecified atom stereocenters. The molecule has 0 bridgehead atoms. The van der Waals surface area contributed by atoms with Gasteiger partial charge in [0.05, 0.1) is 18.8 Å². The Morgan fingerprint density at radius 3 is 2.35 bits per heavy atom. The van der Waals surface area contributed by atoms with Gasteiger partial charge in [-0.1, -0.05) is 29.7 Å². The van der Waals surface area contributed by atoms with Crippen LogP contribution in [0.4, 0.5) is 17.3 Å². The van der Waals surface area contributed by atoms with E-state index in [1.165, 1.54) is 0 Å². The third-order valence-corrected chi connectivity index (χ3v) is 2.36. The van der Waals surface area contributed by atoms with Gasteiger partial charge in [-0.05, 0) is 12.1 Å². The first-order valence-electron chi connectivity index (χ1n) is 8.77. The van der Waals surface area contributed by atoms with Crippen LogP contribution in [0.2, 0.25) is 5.15 Å². The smallest absolute Gasteiger partial charge is 0.280 e. The molecule has 0 saturated heterocycles. The van der Waals surface area contributed by atoms with Crippen LogP contribution < -0.4 is 22.5 Å². The Morgan fingerprint density at radius 1 is 1.27 bits per heavy atom. The summed E-state index contributed by atoms with van der Waals surface area (Å²) >= 11 is 5.68. The van der Waals surface area contributed by atoms with E-state index in [0.29, 0.717) is 6.26 Å². The third-order valence-electron chi connectivity index (χ3n) is 2.08. The molecule has 1 aromatic heterocycles. The topological polar surface area (TPSA) is 200 Å². The molecule has 11 nitrogen and oxygen atoms in total. The minimum Gasteiger partial charge on any atom is -0.382 e. The Labute approximate surface area is 161 Å². The quantitative estimate of drug-likeness (QED) is 0.262. The number of anilines is 2. The zero-order chi connectivity index (χ0) is 24.3. The highest BCUT2D eigenvalue weighted by Crippen LogP contribution is 2.17. The number of nitrogens with two attached hydrogens (primary N) is 3. The number of aliphatic imine (C=N–C) groups is 1. The van der Waals surface area contributed by atoms with Crippen molar-refractivity contribution in [2.24, 2.45) is 10.7 Å². The van der Waals surface area contributed by atoms with E-state index in [1.54, 1.807) is 0 Å². The lowest BCUT2D eigenvalue weighted by Gasteiger charge is -2.07. The standard InChI is InChI=1S/C12H12ClN7O.CH4O3S/c13-8-10(15)19-9(14)7(18-8)11(21)20-12(16)17-6-4-2-1-3-5-6;1-5(2,3)4/h1-5H,(H4,14,15,19)(H3,16,17,20,21);1H3,(H,2,3,4)/i1D,2D,3D,4D,5D;. The van der Waals surface area contributed by atoms with Crippen LogP contribution in [0.15, 0.2) is 35.2 Å². The van der Waals surface area contributed by atoms with Gasteiger partial charge in [0.1, 0.15) is 0 Å². The van der Waals surface area contributed by atoms with Crippen molar-refractivity contribution in [1.29, 1.82) is 0 Å². The summed E-state index contributed by atoms with van der Waals surface area (Å²) in [5.74, 6) is -1.95. The van der Waals surface area contributed by atoms with Crippen LogP contribution in [-0.4, -0.2) is 41.1 Å². The molecule has 1 amide bonds. The normalized spacial score (nSPS) is 14.0. The number of benzene rings is 1. The maximum atomic E-state index is 12.1. The highest BCUT2D eigenvalue weighted by molar-refractivity contribution is 7.85. The van der Waals surface area contributed by atoms with Gasteiger partial charge in [0, 0.05) is 0 Å². The number of nitrogens with one attached hydrogen (secondary N) is 1. The monoisotopic (exact) mass is 406 g/mol. The summed E-state index contributed by atoms with van der Waals surface area (Å²) in [6.07, 6.45) is 0.715. The number of rotatable bonds is 2. The van der Waals surface area contributed by atoms with E-state index in [4.69, 9.17) is 40.2 Å². The predicted molar refractivity (Wildman–Crippen MR) is 98.5 cm³/mol. The fraction of sp³-hybridized carbons (Fsp3) is 0.0769. The maximum Gasteiger partial charge on any atom is 0.280 e. The summed E-state index contributed by atoms with van der Waals surface area (Å²) in [7, 11) is -3.67. The van der Waals surface area contributed by atoms with Crippen LogP contribution >= 0.6 is 11.6 Å². The van der Waals surface area contributed by atoms with Crippen LogP contribution in [0, 0.1) is 0 Å². The molecule has 0 spiro atoms. The number of nitrogens with zero attached hydrogens (tertiary/aromatic N) is 3. The van der Waals surface area contributed by atoms with Gasteiger partial charge in [0.2, 0.25) is 5.96 Å². The van der Waals surface area contributed by atoms with E-state index in [1.807, 2.05) is 0 Å². The number of hydrogen-bond donors (Lipinski definition) is 5. The number of para-hydroxylation sites is 1. The highest BCUT2D eigenvalue weighted by atomic mass is 35.5. The molecule has 13 heteroatoms. The summed E-state index contributed by atoms with van der Waals surface area (Å²) in [5.41, 5.74) is 15.7. The second-order valence-electron chi connectivity index (χ2n) is 4.29. The fourth-order valence-corrected chi connectivity index (χ4v) is 1.36. The summed E-state index contributed by atoms with van der Waals surface area (Å²) in [6.45, 7) is 0. The second kappa shape index (κ2) is 8.94. The number of carbonyl (C=O) groups excluding carboxylic acids is 1. The molecule has 1 heterocycles. The molecule has 140 valence electrons. The van der Waals surface area contributed by atoms with Gasteiger partial charge in [0.25, 0.3) is 16.0 Å². The fourth-order valence-electron chi connectivity index (χ4n) is 1.23. The van der Waals surface area contributed by atoms with Crippen molar-refractivity contribution in [3.63, 3.8) is 0 Å². The average molecular weight is 407 g/mol. The average Bonchev–Trinajstić information content (AvgIpc) is 2.63. The highest BCUT2D eigenvalue weighted by Gasteiger charge is 2.16.